The fourth-order valence-corrected chi connectivity index (χ4v) is 3.61. The minimum absolute atomic E-state index is 0.0507. The van der Waals surface area contributed by atoms with Gasteiger partial charge in [-0.05, 0) is 42.0 Å². The number of Topliss-reactive ketones (excluding diaryl/α,β-unsaturated/α-hetero) is 1. The summed E-state index contributed by atoms with van der Waals surface area (Å²) in [5, 5.41) is 12.4. The van der Waals surface area contributed by atoms with Crippen molar-refractivity contribution in [3.8, 4) is 10.6 Å². The number of aromatic nitrogens is 1. The molecule has 2 aromatic carbocycles. The molecule has 1 N–H and O–H groups in total. The molecule has 0 aliphatic rings. The van der Waals surface area contributed by atoms with Crippen LogP contribution in [0.5, 0.6) is 0 Å². The molecule has 4 nitrogen and oxygen atoms in total. The van der Waals surface area contributed by atoms with Gasteiger partial charge in [-0.25, -0.2) is 9.37 Å². The van der Waals surface area contributed by atoms with Gasteiger partial charge in [0.2, 0.25) is 0 Å². The number of benzene rings is 2. The Kier molecular flexibility index (Phi) is 5.98. The Morgan fingerprint density at radius 2 is 1.78 bits per heavy atom. The highest BCUT2D eigenvalue weighted by Crippen LogP contribution is 2.26. The smallest absolute Gasteiger partial charge is 0.311 e. The van der Waals surface area contributed by atoms with E-state index in [0.717, 1.165) is 5.56 Å². The number of carbonyl (C=O) groups is 2. The van der Waals surface area contributed by atoms with Gasteiger partial charge in [-0.1, -0.05) is 23.7 Å². The minimum Gasteiger partial charge on any atom is -0.481 e. The van der Waals surface area contributed by atoms with Gasteiger partial charge in [0.25, 0.3) is 0 Å². The van der Waals surface area contributed by atoms with Crippen molar-refractivity contribution in [3.05, 3.63) is 76.0 Å². The van der Waals surface area contributed by atoms with Gasteiger partial charge in [0.1, 0.15) is 16.6 Å². The van der Waals surface area contributed by atoms with E-state index in [2.05, 4.69) is 4.98 Å². The van der Waals surface area contributed by atoms with Crippen LogP contribution in [0.4, 0.5) is 4.39 Å². The quantitative estimate of drug-likeness (QED) is 0.604. The number of carboxylic acid groups (broad SMARTS) is 1. The van der Waals surface area contributed by atoms with Crippen LogP contribution >= 0.6 is 22.9 Å². The average molecular weight is 404 g/mol. The van der Waals surface area contributed by atoms with Crippen molar-refractivity contribution in [2.45, 2.75) is 18.8 Å². The molecule has 0 amide bonds. The molecule has 3 rings (SSSR count). The predicted molar refractivity (Wildman–Crippen MR) is 103 cm³/mol. The maximum Gasteiger partial charge on any atom is 0.311 e. The number of halogens is 2. The first-order valence-electron chi connectivity index (χ1n) is 8.12. The molecule has 0 radical (unpaired) electrons. The molecule has 1 heterocycles. The SMILES string of the molecule is O=C(Cc1csc(-c2ccc(F)cc2)n1)CC(C(=O)O)c1ccc(Cl)cc1. The molecule has 27 heavy (non-hydrogen) atoms. The maximum absolute atomic E-state index is 13.0. The zero-order valence-electron chi connectivity index (χ0n) is 14.1. The van der Waals surface area contributed by atoms with Crippen molar-refractivity contribution >= 4 is 34.7 Å². The van der Waals surface area contributed by atoms with E-state index in [1.807, 2.05) is 0 Å². The molecular formula is C20H15ClFNO3S. The highest BCUT2D eigenvalue weighted by atomic mass is 35.5. The van der Waals surface area contributed by atoms with Crippen LogP contribution in [0.25, 0.3) is 10.6 Å². The summed E-state index contributed by atoms with van der Waals surface area (Å²) in [5.74, 6) is -2.53. The average Bonchev–Trinajstić information content (AvgIpc) is 3.09. The number of hydrogen-bond donors (Lipinski definition) is 1. The fraction of sp³-hybridized carbons (Fsp3) is 0.150. The number of rotatable bonds is 7. The molecule has 3 aromatic rings. The number of hydrogen-bond acceptors (Lipinski definition) is 4. The number of carbonyl (C=O) groups excluding carboxylic acids is 1. The Morgan fingerprint density at radius 3 is 2.41 bits per heavy atom. The molecule has 138 valence electrons. The van der Waals surface area contributed by atoms with Crippen molar-refractivity contribution in [3.63, 3.8) is 0 Å². The molecule has 0 aliphatic carbocycles. The number of aliphatic carboxylic acids is 1. The maximum atomic E-state index is 13.0. The number of thiazole rings is 1. The van der Waals surface area contributed by atoms with Gasteiger partial charge in [0.05, 0.1) is 11.6 Å². The number of carboxylic acids is 1. The van der Waals surface area contributed by atoms with E-state index in [0.29, 0.717) is 21.3 Å². The third kappa shape index (κ3) is 4.99. The van der Waals surface area contributed by atoms with E-state index in [-0.39, 0.29) is 24.4 Å². The van der Waals surface area contributed by atoms with Crippen molar-refractivity contribution in [2.24, 2.45) is 0 Å². The summed E-state index contributed by atoms with van der Waals surface area (Å²) in [6.07, 6.45) is -0.0740. The highest BCUT2D eigenvalue weighted by molar-refractivity contribution is 7.13. The lowest BCUT2D eigenvalue weighted by atomic mass is 9.93. The molecule has 1 atom stereocenters. The lowest BCUT2D eigenvalue weighted by Gasteiger charge is -2.11. The molecule has 0 saturated carbocycles. The molecule has 0 spiro atoms. The first-order chi connectivity index (χ1) is 12.9. The van der Waals surface area contributed by atoms with E-state index in [1.54, 1.807) is 41.8 Å². The Labute approximate surface area is 164 Å². The van der Waals surface area contributed by atoms with Crippen LogP contribution in [0.15, 0.2) is 53.9 Å². The van der Waals surface area contributed by atoms with E-state index >= 15 is 0 Å². The summed E-state index contributed by atoms with van der Waals surface area (Å²) in [5.41, 5.74) is 1.87. The summed E-state index contributed by atoms with van der Waals surface area (Å²) >= 11 is 7.19. The van der Waals surface area contributed by atoms with Crippen molar-refractivity contribution in [2.75, 3.05) is 0 Å². The van der Waals surface area contributed by atoms with Gasteiger partial charge < -0.3 is 5.11 Å². The third-order valence-corrected chi connectivity index (χ3v) is 5.22. The van der Waals surface area contributed by atoms with E-state index in [9.17, 15) is 19.1 Å². The first kappa shape index (κ1) is 19.2. The van der Waals surface area contributed by atoms with Crippen molar-refractivity contribution in [1.29, 1.82) is 0 Å². The van der Waals surface area contributed by atoms with Crippen LogP contribution in [0, 0.1) is 5.82 Å². The van der Waals surface area contributed by atoms with E-state index in [4.69, 9.17) is 11.6 Å². The number of nitrogens with zero attached hydrogens (tertiary/aromatic N) is 1. The Hall–Kier alpha value is -2.57. The van der Waals surface area contributed by atoms with Crippen LogP contribution in [-0.4, -0.2) is 21.8 Å². The van der Waals surface area contributed by atoms with Gasteiger partial charge in [0, 0.05) is 28.8 Å². The van der Waals surface area contributed by atoms with Crippen molar-refractivity contribution in [1.82, 2.24) is 4.98 Å². The first-order valence-corrected chi connectivity index (χ1v) is 9.38. The summed E-state index contributed by atoms with van der Waals surface area (Å²) in [6, 6.07) is 12.4. The summed E-state index contributed by atoms with van der Waals surface area (Å²) < 4.78 is 13.0. The monoisotopic (exact) mass is 403 g/mol. The molecule has 0 aliphatic heterocycles. The summed E-state index contributed by atoms with van der Waals surface area (Å²) in [6.45, 7) is 0. The van der Waals surface area contributed by atoms with Gasteiger partial charge >= 0.3 is 5.97 Å². The van der Waals surface area contributed by atoms with Crippen LogP contribution in [0.2, 0.25) is 5.02 Å². The molecule has 0 bridgehead atoms. The van der Waals surface area contributed by atoms with E-state index < -0.39 is 11.9 Å². The molecule has 0 saturated heterocycles. The topological polar surface area (TPSA) is 67.3 Å². The normalized spacial score (nSPS) is 11.9. The fourth-order valence-electron chi connectivity index (χ4n) is 2.66. The second kappa shape index (κ2) is 8.41. The second-order valence-electron chi connectivity index (χ2n) is 6.01. The van der Waals surface area contributed by atoms with E-state index in [1.165, 1.54) is 23.5 Å². The zero-order chi connectivity index (χ0) is 19.4. The lowest BCUT2D eigenvalue weighted by molar-refractivity contribution is -0.140. The molecule has 1 aromatic heterocycles. The van der Waals surface area contributed by atoms with Gasteiger partial charge in [-0.15, -0.1) is 11.3 Å². The van der Waals surface area contributed by atoms with Crippen LogP contribution in [0.1, 0.15) is 23.6 Å². The minimum atomic E-state index is -1.06. The lowest BCUT2D eigenvalue weighted by Crippen LogP contribution is -2.17. The molecule has 1 unspecified atom stereocenters. The third-order valence-electron chi connectivity index (χ3n) is 4.02. The molecule has 0 fully saturated rings. The van der Waals surface area contributed by atoms with Crippen LogP contribution in [0.3, 0.4) is 0 Å². The Morgan fingerprint density at radius 1 is 1.11 bits per heavy atom. The largest absolute Gasteiger partial charge is 0.481 e. The second-order valence-corrected chi connectivity index (χ2v) is 7.31. The molecule has 7 heteroatoms. The molecular weight excluding hydrogens is 389 g/mol. The van der Waals surface area contributed by atoms with Crippen LogP contribution in [-0.2, 0) is 16.0 Å². The standard InChI is InChI=1S/C20H15ClFNO3S/c21-14-5-1-12(2-6-14)18(20(25)26)10-17(24)9-16-11-27-19(23-16)13-3-7-15(22)8-4-13/h1-8,11,18H,9-10H2,(H,25,26). The van der Waals surface area contributed by atoms with Crippen LogP contribution < -0.4 is 0 Å². The Balaban J connectivity index is 1.68. The van der Waals surface area contributed by atoms with Gasteiger partial charge in [0.15, 0.2) is 0 Å². The summed E-state index contributed by atoms with van der Waals surface area (Å²) in [4.78, 5) is 28.3. The van der Waals surface area contributed by atoms with Gasteiger partial charge in [-0.2, -0.15) is 0 Å². The highest BCUT2D eigenvalue weighted by Gasteiger charge is 2.23. The predicted octanol–water partition coefficient (Wildman–Crippen LogP) is 4.97. The number of ketones is 1. The zero-order valence-corrected chi connectivity index (χ0v) is 15.6. The summed E-state index contributed by atoms with van der Waals surface area (Å²) in [7, 11) is 0. The van der Waals surface area contributed by atoms with Gasteiger partial charge in [-0.3, -0.25) is 9.59 Å². The Bertz CT molecular complexity index is 954. The van der Waals surface area contributed by atoms with Crippen molar-refractivity contribution < 1.29 is 19.1 Å².